The minimum atomic E-state index is -5.87. The summed E-state index contributed by atoms with van der Waals surface area (Å²) < 4.78 is 75.5. The van der Waals surface area contributed by atoms with Crippen LogP contribution in [0.1, 0.15) is 5.56 Å². The summed E-state index contributed by atoms with van der Waals surface area (Å²) in [6.07, 6.45) is -11.7. The molecule has 1 aromatic rings. The summed E-state index contributed by atoms with van der Waals surface area (Å²) in [4.78, 5) is 0. The van der Waals surface area contributed by atoms with Gasteiger partial charge in [-0.15, -0.1) is 0 Å². The van der Waals surface area contributed by atoms with E-state index in [1.165, 1.54) is 6.07 Å². The zero-order valence-corrected chi connectivity index (χ0v) is 11.9. The zero-order valence-electron chi connectivity index (χ0n) is 8.20. The van der Waals surface area contributed by atoms with Crippen molar-refractivity contribution in [3.8, 4) is 0 Å². The van der Waals surface area contributed by atoms with Gasteiger partial charge in [0.2, 0.25) is 0 Å². The third-order valence-electron chi connectivity index (χ3n) is 2.10. The van der Waals surface area contributed by atoms with Gasteiger partial charge in [0.05, 0.1) is 0 Å². The van der Waals surface area contributed by atoms with Gasteiger partial charge in [0, 0.05) is 13.6 Å². The molecule has 0 atom stereocenters. The molecule has 0 aliphatic heterocycles. The minimum absolute atomic E-state index is 0.0105. The molecule has 0 heterocycles. The Bertz CT molecular complexity index is 421. The van der Waals surface area contributed by atoms with Crippen molar-refractivity contribution in [3.63, 3.8) is 0 Å². The van der Waals surface area contributed by atoms with E-state index in [1.54, 1.807) is 22.6 Å². The van der Waals surface area contributed by atoms with E-state index in [9.17, 15) is 26.3 Å². The molecule has 18 heavy (non-hydrogen) atoms. The van der Waals surface area contributed by atoms with Crippen LogP contribution in [-0.2, 0) is 5.60 Å². The predicted octanol–water partition coefficient (Wildman–Crippen LogP) is 4.37. The summed E-state index contributed by atoms with van der Waals surface area (Å²) >= 11 is 4.34. The number of hydrogen-bond acceptors (Lipinski definition) is 1. The van der Waals surface area contributed by atoms with Crippen molar-refractivity contribution in [1.29, 1.82) is 0 Å². The Morgan fingerprint density at radius 2 is 1.39 bits per heavy atom. The Labute approximate surface area is 119 Å². The summed E-state index contributed by atoms with van der Waals surface area (Å²) in [6, 6.07) is 2.53. The molecule has 0 bridgehead atoms. The van der Waals surface area contributed by atoms with E-state index in [1.807, 2.05) is 0 Å². The van der Waals surface area contributed by atoms with E-state index in [0.29, 0.717) is 12.1 Å². The monoisotopic (exact) mass is 448 g/mol. The quantitative estimate of drug-likeness (QED) is 0.500. The van der Waals surface area contributed by atoms with Crippen LogP contribution >= 0.6 is 38.5 Å². The Balaban J connectivity index is 3.55. The van der Waals surface area contributed by atoms with Crippen molar-refractivity contribution in [2.75, 3.05) is 0 Å². The largest absolute Gasteiger partial charge is 0.430 e. The molecule has 1 N–H and O–H groups in total. The van der Waals surface area contributed by atoms with Crippen LogP contribution in [0.15, 0.2) is 22.7 Å². The second-order valence-electron chi connectivity index (χ2n) is 3.36. The fourth-order valence-electron chi connectivity index (χ4n) is 1.25. The normalized spacial score (nSPS) is 13.8. The molecular weight excluding hydrogens is 445 g/mol. The van der Waals surface area contributed by atoms with Crippen molar-refractivity contribution in [1.82, 2.24) is 0 Å². The van der Waals surface area contributed by atoms with E-state index >= 15 is 0 Å². The molecule has 1 rings (SSSR count). The van der Waals surface area contributed by atoms with Crippen LogP contribution in [0.5, 0.6) is 0 Å². The van der Waals surface area contributed by atoms with E-state index in [2.05, 4.69) is 15.9 Å². The van der Waals surface area contributed by atoms with E-state index < -0.39 is 23.5 Å². The molecule has 9 heteroatoms. The lowest BCUT2D eigenvalue weighted by atomic mass is 9.92. The zero-order chi connectivity index (χ0) is 14.4. The molecule has 0 fully saturated rings. The number of aliphatic hydroxyl groups is 1. The van der Waals surface area contributed by atoms with Gasteiger partial charge < -0.3 is 5.11 Å². The van der Waals surface area contributed by atoms with Gasteiger partial charge in [0.25, 0.3) is 5.60 Å². The number of benzene rings is 1. The molecule has 0 aliphatic rings. The first-order valence-electron chi connectivity index (χ1n) is 4.22. The van der Waals surface area contributed by atoms with Crippen molar-refractivity contribution >= 4 is 38.5 Å². The molecule has 0 spiro atoms. The second-order valence-corrected chi connectivity index (χ2v) is 5.53. The topological polar surface area (TPSA) is 20.2 Å². The van der Waals surface area contributed by atoms with Crippen LogP contribution in [0.3, 0.4) is 0 Å². The standard InChI is InChI=1S/C9H4BrF6IO/c10-5-1-4(2-6(17)3-5)7(18,8(11,12)13)9(14,15)16/h1-3,18H. The fraction of sp³-hybridized carbons (Fsp3) is 0.333. The molecule has 0 aromatic heterocycles. The molecular formula is C9H4BrF6IO. The SMILES string of the molecule is OC(c1cc(Br)cc(I)c1)(C(F)(F)F)C(F)(F)F. The number of hydrogen-bond donors (Lipinski definition) is 1. The van der Waals surface area contributed by atoms with Gasteiger partial charge in [-0.3, -0.25) is 0 Å². The van der Waals surface area contributed by atoms with Crippen LogP contribution < -0.4 is 0 Å². The average Bonchev–Trinajstić information content (AvgIpc) is 2.11. The van der Waals surface area contributed by atoms with E-state index in [0.717, 1.165) is 0 Å². The van der Waals surface area contributed by atoms with Gasteiger partial charge in [-0.25, -0.2) is 0 Å². The number of alkyl halides is 6. The second kappa shape index (κ2) is 4.82. The third kappa shape index (κ3) is 2.77. The summed E-state index contributed by atoms with van der Waals surface area (Å²) in [5.74, 6) is 0. The van der Waals surface area contributed by atoms with Gasteiger partial charge in [0.15, 0.2) is 0 Å². The Morgan fingerprint density at radius 1 is 0.944 bits per heavy atom. The van der Waals surface area contributed by atoms with Crippen LogP contribution in [0.25, 0.3) is 0 Å². The molecule has 0 saturated heterocycles. The molecule has 0 radical (unpaired) electrons. The first-order chi connectivity index (χ1) is 7.89. The van der Waals surface area contributed by atoms with Gasteiger partial charge >= 0.3 is 12.4 Å². The lowest BCUT2D eigenvalue weighted by Crippen LogP contribution is -2.53. The van der Waals surface area contributed by atoms with Gasteiger partial charge in [-0.2, -0.15) is 26.3 Å². The predicted molar refractivity (Wildman–Crippen MR) is 62.9 cm³/mol. The van der Waals surface area contributed by atoms with Crippen molar-refractivity contribution in [3.05, 3.63) is 31.8 Å². The molecule has 1 aromatic carbocycles. The van der Waals surface area contributed by atoms with Gasteiger partial charge in [0.1, 0.15) is 0 Å². The smallest absolute Gasteiger partial charge is 0.369 e. The summed E-state index contributed by atoms with van der Waals surface area (Å²) in [6.45, 7) is 0. The maximum atomic E-state index is 12.6. The van der Waals surface area contributed by atoms with E-state index in [-0.39, 0.29) is 8.04 Å². The average molecular weight is 449 g/mol. The first kappa shape index (κ1) is 16.0. The number of halogens is 8. The Hall–Kier alpha value is -0.0300. The molecule has 102 valence electrons. The van der Waals surface area contributed by atoms with Crippen LogP contribution in [0, 0.1) is 3.57 Å². The van der Waals surface area contributed by atoms with Gasteiger partial charge in [-0.05, 0) is 40.8 Å². The highest BCUT2D eigenvalue weighted by atomic mass is 127. The lowest BCUT2D eigenvalue weighted by molar-refractivity contribution is -0.376. The highest BCUT2D eigenvalue weighted by molar-refractivity contribution is 14.1. The summed E-state index contributed by atoms with van der Waals surface area (Å²) in [7, 11) is 0. The molecule has 0 unspecified atom stereocenters. The van der Waals surface area contributed by atoms with Crippen molar-refractivity contribution in [2.45, 2.75) is 18.0 Å². The molecule has 0 aliphatic carbocycles. The summed E-state index contributed by atoms with van der Waals surface area (Å²) in [5, 5.41) is 9.13. The first-order valence-corrected chi connectivity index (χ1v) is 6.09. The molecule has 1 nitrogen and oxygen atoms in total. The third-order valence-corrected chi connectivity index (χ3v) is 3.18. The molecule has 0 saturated carbocycles. The van der Waals surface area contributed by atoms with Crippen molar-refractivity contribution in [2.24, 2.45) is 0 Å². The maximum Gasteiger partial charge on any atom is 0.430 e. The van der Waals surface area contributed by atoms with E-state index in [4.69, 9.17) is 5.11 Å². The van der Waals surface area contributed by atoms with Crippen LogP contribution in [0.4, 0.5) is 26.3 Å². The van der Waals surface area contributed by atoms with Gasteiger partial charge in [-0.1, -0.05) is 15.9 Å². The highest BCUT2D eigenvalue weighted by Crippen LogP contribution is 2.50. The van der Waals surface area contributed by atoms with Crippen LogP contribution in [-0.4, -0.2) is 17.5 Å². The minimum Gasteiger partial charge on any atom is -0.369 e. The Kier molecular flexibility index (Phi) is 4.29. The molecule has 0 amide bonds. The maximum absolute atomic E-state index is 12.6. The number of rotatable bonds is 1. The van der Waals surface area contributed by atoms with Crippen molar-refractivity contribution < 1.29 is 31.4 Å². The van der Waals surface area contributed by atoms with Crippen LogP contribution in [0.2, 0.25) is 0 Å². The fourth-order valence-corrected chi connectivity index (χ4v) is 2.84. The summed E-state index contributed by atoms with van der Waals surface area (Å²) in [5.41, 5.74) is -6.16. The Morgan fingerprint density at radius 3 is 1.72 bits per heavy atom. The lowest BCUT2D eigenvalue weighted by Gasteiger charge is -2.32. The highest BCUT2D eigenvalue weighted by Gasteiger charge is 2.71.